The topological polar surface area (TPSA) is 37.4 Å². The lowest BCUT2D eigenvalue weighted by molar-refractivity contribution is 0.534. The maximum atomic E-state index is 11.6. The van der Waals surface area contributed by atoms with Gasteiger partial charge in [0.15, 0.2) is 0 Å². The molecule has 0 aromatic carbocycles. The molecular weight excluding hydrogens is 246 g/mol. The molecule has 0 aliphatic rings. The molecule has 0 amide bonds. The molecule has 0 aliphatic carbocycles. The van der Waals surface area contributed by atoms with E-state index in [-0.39, 0.29) is 12.3 Å². The van der Waals surface area contributed by atoms with Crippen molar-refractivity contribution in [1.82, 2.24) is 4.31 Å². The number of hydrogen-bond acceptors (Lipinski definition) is 2. The minimum absolute atomic E-state index is 0.0528. The standard InChI is InChI=1S/C11H18ClNO2S/c1-3-10-13(16(14,15)4-2)11-8-6-5-7-9-12/h3H,1,4-7,9-10H2,2H3. The Labute approximate surface area is 104 Å². The Kier molecular flexibility index (Phi) is 8.14. The van der Waals surface area contributed by atoms with E-state index < -0.39 is 10.0 Å². The summed E-state index contributed by atoms with van der Waals surface area (Å²) in [5.74, 6) is 3.51. The minimum Gasteiger partial charge on any atom is -0.225 e. The van der Waals surface area contributed by atoms with E-state index in [9.17, 15) is 8.42 Å². The minimum atomic E-state index is -3.25. The van der Waals surface area contributed by atoms with Crippen LogP contribution in [0.25, 0.3) is 0 Å². The molecule has 5 heteroatoms. The largest absolute Gasteiger partial charge is 0.241 e. The Bertz CT molecular complexity index is 354. The van der Waals surface area contributed by atoms with Crippen LogP contribution >= 0.6 is 11.6 Å². The molecule has 0 rings (SSSR count). The fourth-order valence-electron chi connectivity index (χ4n) is 0.954. The Balaban J connectivity index is 4.39. The average molecular weight is 264 g/mol. The lowest BCUT2D eigenvalue weighted by Crippen LogP contribution is -2.28. The molecule has 0 fully saturated rings. The quantitative estimate of drug-likeness (QED) is 0.232. The second-order valence-electron chi connectivity index (χ2n) is 3.16. The van der Waals surface area contributed by atoms with Crippen LogP contribution < -0.4 is 0 Å². The van der Waals surface area contributed by atoms with Gasteiger partial charge < -0.3 is 0 Å². The Hall–Kier alpha value is -0.660. The number of alkyl halides is 1. The van der Waals surface area contributed by atoms with Crippen molar-refractivity contribution in [1.29, 1.82) is 0 Å². The fraction of sp³-hybridized carbons (Fsp3) is 0.636. The van der Waals surface area contributed by atoms with Crippen LogP contribution in [0.2, 0.25) is 0 Å². The van der Waals surface area contributed by atoms with Gasteiger partial charge in [0, 0.05) is 18.3 Å². The molecule has 92 valence electrons. The van der Waals surface area contributed by atoms with Gasteiger partial charge in [0.05, 0.1) is 12.3 Å². The fourth-order valence-corrected chi connectivity index (χ4v) is 1.99. The highest BCUT2D eigenvalue weighted by Crippen LogP contribution is 2.00. The number of unbranched alkanes of at least 4 members (excludes halogenated alkanes) is 2. The van der Waals surface area contributed by atoms with E-state index in [1.165, 1.54) is 6.08 Å². The van der Waals surface area contributed by atoms with Crippen LogP contribution in [0, 0.1) is 12.0 Å². The molecule has 0 aromatic rings. The number of nitrogens with zero attached hydrogens (tertiary/aromatic N) is 1. The zero-order valence-corrected chi connectivity index (χ0v) is 11.1. The highest BCUT2D eigenvalue weighted by molar-refractivity contribution is 7.89. The highest BCUT2D eigenvalue weighted by Gasteiger charge is 2.14. The van der Waals surface area contributed by atoms with Crippen LogP contribution in [0.15, 0.2) is 12.7 Å². The van der Waals surface area contributed by atoms with Gasteiger partial charge in [-0.15, -0.1) is 18.2 Å². The Morgan fingerprint density at radius 1 is 1.44 bits per heavy atom. The van der Waals surface area contributed by atoms with Crippen molar-refractivity contribution in [3.8, 4) is 12.0 Å². The molecule has 0 aromatic heterocycles. The van der Waals surface area contributed by atoms with Gasteiger partial charge >= 0.3 is 0 Å². The number of hydrogen-bond donors (Lipinski definition) is 0. The molecule has 0 bridgehead atoms. The van der Waals surface area contributed by atoms with E-state index in [4.69, 9.17) is 11.6 Å². The van der Waals surface area contributed by atoms with E-state index in [2.05, 4.69) is 18.5 Å². The van der Waals surface area contributed by atoms with E-state index in [0.29, 0.717) is 12.3 Å². The summed E-state index contributed by atoms with van der Waals surface area (Å²) in [5, 5.41) is 0. The van der Waals surface area contributed by atoms with Gasteiger partial charge in [0.2, 0.25) is 10.0 Å². The van der Waals surface area contributed by atoms with Gasteiger partial charge in [-0.25, -0.2) is 12.7 Å². The third-order valence-corrected chi connectivity index (χ3v) is 3.79. The molecule has 0 N–H and O–H groups in total. The first kappa shape index (κ1) is 15.3. The normalized spacial score (nSPS) is 10.4. The van der Waals surface area contributed by atoms with Gasteiger partial charge in [-0.2, -0.15) is 0 Å². The van der Waals surface area contributed by atoms with Crippen LogP contribution in [0.4, 0.5) is 0 Å². The zero-order valence-electron chi connectivity index (χ0n) is 9.58. The molecule has 0 atom stereocenters. The second kappa shape index (κ2) is 8.49. The third kappa shape index (κ3) is 6.04. The van der Waals surface area contributed by atoms with Gasteiger partial charge in [-0.05, 0) is 19.8 Å². The molecule has 0 unspecified atom stereocenters. The Morgan fingerprint density at radius 3 is 2.62 bits per heavy atom. The van der Waals surface area contributed by atoms with Crippen LogP contribution in [0.1, 0.15) is 26.2 Å². The van der Waals surface area contributed by atoms with Crippen molar-refractivity contribution in [2.24, 2.45) is 0 Å². The van der Waals surface area contributed by atoms with Crippen molar-refractivity contribution in [2.45, 2.75) is 26.2 Å². The predicted molar refractivity (Wildman–Crippen MR) is 68.7 cm³/mol. The van der Waals surface area contributed by atoms with Crippen LogP contribution in [0.5, 0.6) is 0 Å². The van der Waals surface area contributed by atoms with Crippen molar-refractivity contribution < 1.29 is 8.42 Å². The first-order valence-corrected chi connectivity index (χ1v) is 7.38. The van der Waals surface area contributed by atoms with Gasteiger partial charge in [0.25, 0.3) is 0 Å². The maximum absolute atomic E-state index is 11.6. The highest BCUT2D eigenvalue weighted by atomic mass is 35.5. The second-order valence-corrected chi connectivity index (χ2v) is 5.71. The van der Waals surface area contributed by atoms with Crippen molar-refractivity contribution in [3.63, 3.8) is 0 Å². The van der Waals surface area contributed by atoms with Gasteiger partial charge in [0.1, 0.15) is 0 Å². The average Bonchev–Trinajstić information content (AvgIpc) is 2.27. The SMILES string of the molecule is C=CCN(C#CCCCCCl)S(=O)(=O)CC. The van der Waals surface area contributed by atoms with Crippen molar-refractivity contribution >= 4 is 21.6 Å². The van der Waals surface area contributed by atoms with Gasteiger partial charge in [-0.1, -0.05) is 12.0 Å². The van der Waals surface area contributed by atoms with E-state index in [1.54, 1.807) is 6.92 Å². The number of halogens is 1. The lowest BCUT2D eigenvalue weighted by atomic mass is 10.3. The van der Waals surface area contributed by atoms with Gasteiger partial charge in [-0.3, -0.25) is 0 Å². The summed E-state index contributed by atoms with van der Waals surface area (Å²) in [7, 11) is -3.25. The summed E-state index contributed by atoms with van der Waals surface area (Å²) in [6, 6.07) is 2.65. The smallest absolute Gasteiger partial charge is 0.225 e. The number of rotatable bonds is 7. The lowest BCUT2D eigenvalue weighted by Gasteiger charge is -2.13. The maximum Gasteiger partial charge on any atom is 0.241 e. The number of sulfonamides is 1. The Morgan fingerprint density at radius 2 is 2.12 bits per heavy atom. The van der Waals surface area contributed by atoms with E-state index in [0.717, 1.165) is 17.1 Å². The molecule has 0 spiro atoms. The zero-order chi connectivity index (χ0) is 12.4. The molecule has 0 radical (unpaired) electrons. The summed E-state index contributed by atoms with van der Waals surface area (Å²) < 4.78 is 24.3. The van der Waals surface area contributed by atoms with Crippen LogP contribution in [-0.2, 0) is 10.0 Å². The molecule has 16 heavy (non-hydrogen) atoms. The summed E-state index contributed by atoms with van der Waals surface area (Å²) in [4.78, 5) is 0. The van der Waals surface area contributed by atoms with Crippen LogP contribution in [-0.4, -0.2) is 30.9 Å². The summed E-state index contributed by atoms with van der Waals surface area (Å²) in [6.45, 7) is 5.35. The predicted octanol–water partition coefficient (Wildman–Crippen LogP) is 2.19. The summed E-state index contributed by atoms with van der Waals surface area (Å²) >= 11 is 5.52. The summed E-state index contributed by atoms with van der Waals surface area (Å²) in [6.07, 6.45) is 3.99. The third-order valence-electron chi connectivity index (χ3n) is 1.88. The van der Waals surface area contributed by atoms with Crippen molar-refractivity contribution in [3.05, 3.63) is 12.7 Å². The first-order chi connectivity index (χ1) is 7.58. The molecule has 0 heterocycles. The summed E-state index contributed by atoms with van der Waals surface area (Å²) in [5.41, 5.74) is 0. The molecule has 0 aliphatic heterocycles. The van der Waals surface area contributed by atoms with E-state index in [1.807, 2.05) is 0 Å². The first-order valence-electron chi connectivity index (χ1n) is 5.24. The molecule has 3 nitrogen and oxygen atoms in total. The molecule has 0 saturated carbocycles. The van der Waals surface area contributed by atoms with E-state index >= 15 is 0 Å². The van der Waals surface area contributed by atoms with Crippen molar-refractivity contribution in [2.75, 3.05) is 18.2 Å². The molecule has 0 saturated heterocycles. The molecular formula is C11H18ClNO2S. The van der Waals surface area contributed by atoms with Crippen LogP contribution in [0.3, 0.4) is 0 Å². The monoisotopic (exact) mass is 263 g/mol.